The number of pyridine rings is 1. The van der Waals surface area contributed by atoms with Crippen molar-refractivity contribution in [2.45, 2.75) is 32.6 Å². The summed E-state index contributed by atoms with van der Waals surface area (Å²) >= 11 is 0. The van der Waals surface area contributed by atoms with E-state index in [1.165, 1.54) is 0 Å². The number of rotatable bonds is 5. The van der Waals surface area contributed by atoms with Gasteiger partial charge >= 0.3 is 0 Å². The lowest BCUT2D eigenvalue weighted by molar-refractivity contribution is -0.132. The van der Waals surface area contributed by atoms with Gasteiger partial charge in [-0.1, -0.05) is 6.07 Å². The molecule has 124 valence electrons. The second-order valence-corrected chi connectivity index (χ2v) is 6.10. The van der Waals surface area contributed by atoms with Crippen LogP contribution in [0.25, 0.3) is 5.65 Å². The second kappa shape index (κ2) is 7.08. The zero-order valence-electron chi connectivity index (χ0n) is 14.0. The molecule has 1 saturated heterocycles. The number of hydrogen-bond donors (Lipinski definition) is 0. The average Bonchev–Trinajstić information content (AvgIpc) is 3.01. The first-order chi connectivity index (χ1) is 11.2. The van der Waals surface area contributed by atoms with Gasteiger partial charge in [0.25, 0.3) is 0 Å². The molecule has 1 amide bonds. The summed E-state index contributed by atoms with van der Waals surface area (Å²) in [6.07, 6.45) is 4.09. The molecule has 6 nitrogen and oxygen atoms in total. The van der Waals surface area contributed by atoms with Gasteiger partial charge in [0, 0.05) is 25.2 Å². The average molecular weight is 315 g/mol. The van der Waals surface area contributed by atoms with Crippen molar-refractivity contribution in [3.63, 3.8) is 0 Å². The summed E-state index contributed by atoms with van der Waals surface area (Å²) in [5.74, 6) is 1.71. The van der Waals surface area contributed by atoms with E-state index in [0.29, 0.717) is 12.5 Å². The van der Waals surface area contributed by atoms with Crippen molar-refractivity contribution < 1.29 is 4.79 Å². The van der Waals surface area contributed by atoms with E-state index in [4.69, 9.17) is 0 Å². The minimum atomic E-state index is 0.237. The Kier molecular flexibility index (Phi) is 4.91. The van der Waals surface area contributed by atoms with Crippen molar-refractivity contribution in [2.75, 3.05) is 32.7 Å². The number of aromatic nitrogens is 3. The molecule has 6 heteroatoms. The van der Waals surface area contributed by atoms with Gasteiger partial charge in [-0.25, -0.2) is 0 Å². The van der Waals surface area contributed by atoms with Crippen molar-refractivity contribution >= 4 is 11.6 Å². The summed E-state index contributed by atoms with van der Waals surface area (Å²) in [6, 6.07) is 5.97. The highest BCUT2D eigenvalue weighted by molar-refractivity contribution is 5.78. The molecule has 0 radical (unpaired) electrons. The Hall–Kier alpha value is -1.95. The minimum absolute atomic E-state index is 0.237. The molecule has 0 spiro atoms. The highest BCUT2D eigenvalue weighted by Crippen LogP contribution is 2.26. The number of amides is 1. The van der Waals surface area contributed by atoms with Crippen LogP contribution in [0.1, 0.15) is 38.4 Å². The molecule has 0 unspecified atom stereocenters. The number of carbonyl (C=O) groups is 1. The quantitative estimate of drug-likeness (QED) is 0.844. The van der Waals surface area contributed by atoms with Gasteiger partial charge in [0.05, 0.1) is 6.54 Å². The van der Waals surface area contributed by atoms with Gasteiger partial charge in [0.1, 0.15) is 5.82 Å². The summed E-state index contributed by atoms with van der Waals surface area (Å²) in [7, 11) is 0. The van der Waals surface area contributed by atoms with Gasteiger partial charge in [-0.2, -0.15) is 0 Å². The van der Waals surface area contributed by atoms with E-state index in [0.717, 1.165) is 50.5 Å². The van der Waals surface area contributed by atoms with Gasteiger partial charge in [-0.05, 0) is 51.9 Å². The van der Waals surface area contributed by atoms with Gasteiger partial charge in [0.15, 0.2) is 5.65 Å². The molecule has 3 heterocycles. The Labute approximate surface area is 137 Å². The number of nitrogens with zero attached hydrogens (tertiary/aromatic N) is 5. The Bertz CT molecular complexity index is 656. The van der Waals surface area contributed by atoms with E-state index in [1.807, 2.05) is 43.1 Å². The third-order valence-corrected chi connectivity index (χ3v) is 4.77. The normalized spacial score (nSPS) is 16.8. The lowest BCUT2D eigenvalue weighted by Crippen LogP contribution is -2.43. The standard InChI is InChI=1S/C17H25N5O/c1-3-21(4-2)16(23)13-20-11-8-14(9-12-20)17-19-18-15-7-5-6-10-22(15)17/h5-7,10,14H,3-4,8-9,11-13H2,1-2H3. The van der Waals surface area contributed by atoms with Crippen LogP contribution in [-0.4, -0.2) is 63.0 Å². The summed E-state index contributed by atoms with van der Waals surface area (Å²) in [6.45, 7) is 8.07. The molecule has 1 aliphatic rings. The zero-order valence-corrected chi connectivity index (χ0v) is 14.0. The fourth-order valence-corrected chi connectivity index (χ4v) is 3.36. The van der Waals surface area contributed by atoms with Crippen molar-refractivity contribution in [1.82, 2.24) is 24.4 Å². The van der Waals surface area contributed by atoms with Crippen molar-refractivity contribution in [2.24, 2.45) is 0 Å². The predicted molar refractivity (Wildman–Crippen MR) is 89.3 cm³/mol. The maximum atomic E-state index is 12.2. The molecular formula is C17H25N5O. The van der Waals surface area contributed by atoms with Crippen LogP contribution in [0.4, 0.5) is 0 Å². The van der Waals surface area contributed by atoms with Crippen LogP contribution in [0.5, 0.6) is 0 Å². The number of hydrogen-bond acceptors (Lipinski definition) is 4. The van der Waals surface area contributed by atoms with Crippen LogP contribution < -0.4 is 0 Å². The Morgan fingerprint density at radius 1 is 1.22 bits per heavy atom. The number of carbonyl (C=O) groups excluding carboxylic acids is 1. The first-order valence-corrected chi connectivity index (χ1v) is 8.52. The van der Waals surface area contributed by atoms with Gasteiger partial charge in [-0.3, -0.25) is 14.1 Å². The fraction of sp³-hybridized carbons (Fsp3) is 0.588. The van der Waals surface area contributed by atoms with E-state index in [1.54, 1.807) is 0 Å². The molecule has 0 N–H and O–H groups in total. The topological polar surface area (TPSA) is 53.7 Å². The van der Waals surface area contributed by atoms with Crippen LogP contribution in [0.2, 0.25) is 0 Å². The number of likely N-dealkylation sites (tertiary alicyclic amines) is 1. The summed E-state index contributed by atoms with van der Waals surface area (Å²) in [4.78, 5) is 16.4. The van der Waals surface area contributed by atoms with Crippen LogP contribution in [0, 0.1) is 0 Å². The van der Waals surface area contributed by atoms with Crippen LogP contribution in [-0.2, 0) is 4.79 Å². The monoisotopic (exact) mass is 315 g/mol. The van der Waals surface area contributed by atoms with E-state index in [9.17, 15) is 4.79 Å². The molecule has 0 atom stereocenters. The summed E-state index contributed by atoms with van der Waals surface area (Å²) < 4.78 is 2.08. The van der Waals surface area contributed by atoms with Crippen LogP contribution in [0.3, 0.4) is 0 Å². The lowest BCUT2D eigenvalue weighted by atomic mass is 9.96. The van der Waals surface area contributed by atoms with Gasteiger partial charge in [-0.15, -0.1) is 10.2 Å². The van der Waals surface area contributed by atoms with Crippen LogP contribution in [0.15, 0.2) is 24.4 Å². The molecule has 0 bridgehead atoms. The maximum Gasteiger partial charge on any atom is 0.236 e. The molecule has 23 heavy (non-hydrogen) atoms. The van der Waals surface area contributed by atoms with E-state index in [-0.39, 0.29) is 5.91 Å². The highest BCUT2D eigenvalue weighted by Gasteiger charge is 2.26. The number of piperidine rings is 1. The first kappa shape index (κ1) is 15.9. The Balaban J connectivity index is 1.59. The van der Waals surface area contributed by atoms with E-state index >= 15 is 0 Å². The van der Waals surface area contributed by atoms with Gasteiger partial charge < -0.3 is 4.90 Å². The maximum absolute atomic E-state index is 12.2. The second-order valence-electron chi connectivity index (χ2n) is 6.10. The highest BCUT2D eigenvalue weighted by atomic mass is 16.2. The Morgan fingerprint density at radius 3 is 2.65 bits per heavy atom. The minimum Gasteiger partial charge on any atom is -0.342 e. The molecule has 0 aliphatic carbocycles. The van der Waals surface area contributed by atoms with Gasteiger partial charge in [0.2, 0.25) is 5.91 Å². The first-order valence-electron chi connectivity index (χ1n) is 8.52. The number of likely N-dealkylation sites (N-methyl/N-ethyl adjacent to an activating group) is 1. The molecule has 1 fully saturated rings. The third kappa shape index (κ3) is 3.37. The third-order valence-electron chi connectivity index (χ3n) is 4.77. The van der Waals surface area contributed by atoms with E-state index in [2.05, 4.69) is 19.5 Å². The predicted octanol–water partition coefficient (Wildman–Crippen LogP) is 1.78. The molecule has 2 aromatic rings. The molecule has 0 aromatic carbocycles. The van der Waals surface area contributed by atoms with Crippen molar-refractivity contribution in [3.8, 4) is 0 Å². The summed E-state index contributed by atoms with van der Waals surface area (Å²) in [5.41, 5.74) is 0.904. The SMILES string of the molecule is CCN(CC)C(=O)CN1CCC(c2nnc3ccccn23)CC1. The number of fused-ring (bicyclic) bond motifs is 1. The zero-order chi connectivity index (χ0) is 16.2. The Morgan fingerprint density at radius 2 is 1.96 bits per heavy atom. The smallest absolute Gasteiger partial charge is 0.236 e. The van der Waals surface area contributed by atoms with Crippen LogP contribution >= 0.6 is 0 Å². The van der Waals surface area contributed by atoms with Crippen molar-refractivity contribution in [1.29, 1.82) is 0 Å². The lowest BCUT2D eigenvalue weighted by Gasteiger charge is -2.32. The largest absolute Gasteiger partial charge is 0.342 e. The molecule has 2 aromatic heterocycles. The van der Waals surface area contributed by atoms with E-state index < -0.39 is 0 Å². The molecular weight excluding hydrogens is 290 g/mol. The molecule has 0 saturated carbocycles. The van der Waals surface area contributed by atoms with Crippen molar-refractivity contribution in [3.05, 3.63) is 30.2 Å². The summed E-state index contributed by atoms with van der Waals surface area (Å²) in [5, 5.41) is 8.62. The fourth-order valence-electron chi connectivity index (χ4n) is 3.36. The molecule has 3 rings (SSSR count). The molecule has 1 aliphatic heterocycles.